The van der Waals surface area contributed by atoms with Crippen LogP contribution in [0, 0.1) is 6.92 Å². The number of anilines is 3. The third-order valence-corrected chi connectivity index (χ3v) is 7.85. The molecule has 2 aromatic carbocycles. The van der Waals surface area contributed by atoms with Gasteiger partial charge in [0, 0.05) is 54.9 Å². The highest BCUT2D eigenvalue weighted by atomic mass is 16.2. The van der Waals surface area contributed by atoms with Crippen molar-refractivity contribution in [3.8, 4) is 0 Å². The van der Waals surface area contributed by atoms with Crippen molar-refractivity contribution in [2.45, 2.75) is 32.6 Å². The molecule has 39 heavy (non-hydrogen) atoms. The average molecular weight is 525 g/mol. The number of fused-ring (bicyclic) bond motifs is 1. The van der Waals surface area contributed by atoms with Crippen LogP contribution in [-0.4, -0.2) is 60.1 Å². The highest BCUT2D eigenvalue weighted by Crippen LogP contribution is 2.32. The fraction of sp³-hybridized carbons (Fsp3) is 0.323. The lowest BCUT2D eigenvalue weighted by Crippen LogP contribution is -2.32. The van der Waals surface area contributed by atoms with Crippen molar-refractivity contribution in [3.05, 3.63) is 83.7 Å². The number of piperidine rings is 1. The monoisotopic (exact) mass is 524 g/mol. The molecule has 5 rings (SSSR count). The number of benzene rings is 2. The fourth-order valence-corrected chi connectivity index (χ4v) is 5.45. The van der Waals surface area contributed by atoms with Crippen LogP contribution in [-0.2, 0) is 0 Å². The molecule has 0 spiro atoms. The van der Waals surface area contributed by atoms with Crippen LogP contribution in [0.15, 0.2) is 67.0 Å². The van der Waals surface area contributed by atoms with Crippen LogP contribution in [0.5, 0.6) is 0 Å². The second kappa shape index (κ2) is 11.3. The van der Waals surface area contributed by atoms with E-state index in [2.05, 4.69) is 50.5 Å². The standard InChI is InChI=1S/C31H36N6O2/c1-5-36-15-11-23(12-16-36)22-6-8-24(9-7-22)30(38)34-29-20-26(10-14-33-29)35(4)27-19-25-13-17-37(31(39)32-3)28(25)18-21(27)2/h6-10,13-14,17-20,23H,5,11-12,15-16H2,1-4H3,(H,32,39)(H,33,34,38). The molecule has 1 aliphatic heterocycles. The van der Waals surface area contributed by atoms with Gasteiger partial charge in [-0.3, -0.25) is 9.36 Å². The molecule has 0 atom stereocenters. The molecule has 8 heteroatoms. The van der Waals surface area contributed by atoms with Gasteiger partial charge >= 0.3 is 6.03 Å². The molecule has 2 aromatic heterocycles. The molecule has 202 valence electrons. The third kappa shape index (κ3) is 5.52. The van der Waals surface area contributed by atoms with E-state index >= 15 is 0 Å². The minimum absolute atomic E-state index is 0.174. The first-order valence-electron chi connectivity index (χ1n) is 13.5. The number of hydrogen-bond donors (Lipinski definition) is 2. The summed E-state index contributed by atoms with van der Waals surface area (Å²) in [7, 11) is 3.60. The Morgan fingerprint density at radius 3 is 2.49 bits per heavy atom. The van der Waals surface area contributed by atoms with Crippen molar-refractivity contribution in [2.75, 3.05) is 43.9 Å². The molecule has 0 unspecified atom stereocenters. The first-order chi connectivity index (χ1) is 18.9. The van der Waals surface area contributed by atoms with Crippen molar-refractivity contribution in [2.24, 2.45) is 0 Å². The Morgan fingerprint density at radius 1 is 1.05 bits per heavy atom. The van der Waals surface area contributed by atoms with Crippen molar-refractivity contribution >= 4 is 40.0 Å². The summed E-state index contributed by atoms with van der Waals surface area (Å²) in [5.41, 5.74) is 5.69. The van der Waals surface area contributed by atoms with Gasteiger partial charge in [0.05, 0.1) is 5.52 Å². The van der Waals surface area contributed by atoms with Crippen LogP contribution < -0.4 is 15.5 Å². The summed E-state index contributed by atoms with van der Waals surface area (Å²) in [6.45, 7) is 7.61. The van der Waals surface area contributed by atoms with Gasteiger partial charge < -0.3 is 20.4 Å². The van der Waals surface area contributed by atoms with Gasteiger partial charge in [0.2, 0.25) is 0 Å². The molecule has 1 saturated heterocycles. The normalized spacial score (nSPS) is 14.4. The zero-order valence-electron chi connectivity index (χ0n) is 23.1. The number of aromatic nitrogens is 2. The maximum Gasteiger partial charge on any atom is 0.325 e. The van der Waals surface area contributed by atoms with Gasteiger partial charge in [-0.05, 0) is 92.8 Å². The molecule has 0 bridgehead atoms. The van der Waals surface area contributed by atoms with Crippen LogP contribution in [0.1, 0.15) is 47.2 Å². The minimum Gasteiger partial charge on any atom is -0.344 e. The van der Waals surface area contributed by atoms with E-state index in [1.807, 2.05) is 50.4 Å². The number of rotatable bonds is 6. The Bertz CT molecular complexity index is 1480. The van der Waals surface area contributed by atoms with Crippen LogP contribution in [0.25, 0.3) is 10.9 Å². The number of nitrogens with one attached hydrogen (secondary N) is 2. The molecule has 0 aliphatic carbocycles. The summed E-state index contributed by atoms with van der Waals surface area (Å²) < 4.78 is 1.60. The van der Waals surface area contributed by atoms with Crippen LogP contribution in [0.3, 0.4) is 0 Å². The number of carbonyl (C=O) groups excluding carboxylic acids is 2. The summed E-state index contributed by atoms with van der Waals surface area (Å²) in [5.74, 6) is 0.872. The highest BCUT2D eigenvalue weighted by molar-refractivity contribution is 6.04. The maximum atomic E-state index is 13.0. The SMILES string of the molecule is CCN1CCC(c2ccc(C(=O)Nc3cc(N(C)c4cc5ccn(C(=O)NC)c5cc4C)ccn3)cc2)CC1. The zero-order chi connectivity index (χ0) is 27.5. The quantitative estimate of drug-likeness (QED) is 0.336. The Labute approximate surface area is 229 Å². The summed E-state index contributed by atoms with van der Waals surface area (Å²) in [5, 5.41) is 6.59. The number of amides is 2. The molecule has 2 amide bonds. The Morgan fingerprint density at radius 2 is 1.79 bits per heavy atom. The highest BCUT2D eigenvalue weighted by Gasteiger charge is 2.20. The molecule has 0 saturated carbocycles. The fourth-order valence-electron chi connectivity index (χ4n) is 5.45. The molecule has 0 radical (unpaired) electrons. The summed E-state index contributed by atoms with van der Waals surface area (Å²) >= 11 is 0. The van der Waals surface area contributed by atoms with E-state index in [1.165, 1.54) is 5.56 Å². The van der Waals surface area contributed by atoms with Crippen molar-refractivity contribution in [1.82, 2.24) is 19.8 Å². The van der Waals surface area contributed by atoms with Gasteiger partial charge in [0.15, 0.2) is 0 Å². The van der Waals surface area contributed by atoms with Crippen LogP contribution in [0.4, 0.5) is 22.0 Å². The molecule has 1 fully saturated rings. The number of pyridine rings is 1. The Balaban J connectivity index is 1.29. The van der Waals surface area contributed by atoms with Gasteiger partial charge in [-0.15, -0.1) is 0 Å². The zero-order valence-corrected chi connectivity index (χ0v) is 23.1. The lowest BCUT2D eigenvalue weighted by atomic mass is 9.89. The third-order valence-electron chi connectivity index (χ3n) is 7.85. The predicted octanol–water partition coefficient (Wildman–Crippen LogP) is 5.75. The molecule has 4 aromatic rings. The molecular weight excluding hydrogens is 488 g/mol. The Hall–Kier alpha value is -4.17. The second-order valence-electron chi connectivity index (χ2n) is 10.2. The topological polar surface area (TPSA) is 82.5 Å². The van der Waals surface area contributed by atoms with E-state index in [4.69, 9.17) is 0 Å². The number of nitrogens with zero attached hydrogens (tertiary/aromatic N) is 4. The molecular formula is C31H36N6O2. The van der Waals surface area contributed by atoms with E-state index in [-0.39, 0.29) is 11.9 Å². The number of hydrogen-bond acceptors (Lipinski definition) is 5. The van der Waals surface area contributed by atoms with Crippen molar-refractivity contribution < 1.29 is 9.59 Å². The first kappa shape index (κ1) is 26.4. The maximum absolute atomic E-state index is 13.0. The Kier molecular flexibility index (Phi) is 7.65. The molecule has 2 N–H and O–H groups in total. The number of aryl methyl sites for hydroxylation is 1. The van der Waals surface area contributed by atoms with Gasteiger partial charge in [-0.1, -0.05) is 19.1 Å². The van der Waals surface area contributed by atoms with Gasteiger partial charge in [-0.2, -0.15) is 0 Å². The van der Waals surface area contributed by atoms with E-state index < -0.39 is 0 Å². The molecule has 1 aliphatic rings. The van der Waals surface area contributed by atoms with E-state index in [1.54, 1.807) is 24.0 Å². The molecule has 3 heterocycles. The van der Waals surface area contributed by atoms with Gasteiger partial charge in [0.25, 0.3) is 5.91 Å². The van der Waals surface area contributed by atoms with Crippen molar-refractivity contribution in [3.63, 3.8) is 0 Å². The summed E-state index contributed by atoms with van der Waals surface area (Å²) in [6.07, 6.45) is 5.79. The van der Waals surface area contributed by atoms with Crippen molar-refractivity contribution in [1.29, 1.82) is 0 Å². The van der Waals surface area contributed by atoms with Crippen LogP contribution in [0.2, 0.25) is 0 Å². The second-order valence-corrected chi connectivity index (χ2v) is 10.2. The number of carbonyl (C=O) groups is 2. The molecule has 8 nitrogen and oxygen atoms in total. The van der Waals surface area contributed by atoms with E-state index in [0.29, 0.717) is 17.3 Å². The van der Waals surface area contributed by atoms with E-state index in [0.717, 1.165) is 60.3 Å². The largest absolute Gasteiger partial charge is 0.344 e. The first-order valence-corrected chi connectivity index (χ1v) is 13.5. The average Bonchev–Trinajstić information content (AvgIpc) is 3.38. The minimum atomic E-state index is -0.178. The van der Waals surface area contributed by atoms with E-state index in [9.17, 15) is 9.59 Å². The summed E-state index contributed by atoms with van der Waals surface area (Å²) in [6, 6.07) is 17.6. The lowest BCUT2D eigenvalue weighted by Gasteiger charge is -2.31. The van der Waals surface area contributed by atoms with Gasteiger partial charge in [-0.25, -0.2) is 9.78 Å². The smallest absolute Gasteiger partial charge is 0.325 e. The summed E-state index contributed by atoms with van der Waals surface area (Å²) in [4.78, 5) is 34.1. The predicted molar refractivity (Wildman–Crippen MR) is 157 cm³/mol. The number of likely N-dealkylation sites (tertiary alicyclic amines) is 1. The van der Waals surface area contributed by atoms with Gasteiger partial charge in [0.1, 0.15) is 5.82 Å². The lowest BCUT2D eigenvalue weighted by molar-refractivity contribution is 0.102. The van der Waals surface area contributed by atoms with Crippen LogP contribution >= 0.6 is 0 Å².